The number of sulfonamides is 1. The van der Waals surface area contributed by atoms with Gasteiger partial charge in [-0.3, -0.25) is 9.52 Å². The molecule has 2 aromatic carbocycles. The maximum atomic E-state index is 12.4. The molecule has 1 saturated heterocycles. The first kappa shape index (κ1) is 23.7. The number of methoxy groups -OCH3 is 1. The molecule has 0 saturated carbocycles. The molecule has 1 heterocycles. The van der Waals surface area contributed by atoms with Crippen LogP contribution in [0, 0.1) is 0 Å². The molecule has 9 heteroatoms. The fourth-order valence-corrected chi connectivity index (χ4v) is 4.59. The number of likely N-dealkylation sites (N-methyl/N-ethyl adjacent to an activating group) is 1. The van der Waals surface area contributed by atoms with Crippen molar-refractivity contribution in [2.24, 2.45) is 0 Å². The molecule has 0 unspecified atom stereocenters. The number of nitrogens with one attached hydrogen (secondary N) is 1. The molecule has 0 spiro atoms. The van der Waals surface area contributed by atoms with Gasteiger partial charge in [0.15, 0.2) is 0 Å². The van der Waals surface area contributed by atoms with Crippen LogP contribution in [0.15, 0.2) is 48.5 Å². The molecule has 0 radical (unpaired) electrons. The van der Waals surface area contributed by atoms with Crippen LogP contribution in [0.25, 0.3) is 0 Å². The molecular weight excluding hydrogens is 430 g/mol. The lowest BCUT2D eigenvalue weighted by Gasteiger charge is -2.28. The third kappa shape index (κ3) is 7.05. The molecule has 8 nitrogen and oxygen atoms in total. The summed E-state index contributed by atoms with van der Waals surface area (Å²) in [5.74, 6) is 0.248. The monoisotopic (exact) mass is 461 g/mol. The normalized spacial score (nSPS) is 14.0. The first-order chi connectivity index (χ1) is 15.4. The molecule has 1 aliphatic heterocycles. The number of piperidine rings is 1. The number of hydrogen-bond donors (Lipinski definition) is 1. The van der Waals surface area contributed by atoms with Gasteiger partial charge in [0.1, 0.15) is 23.9 Å². The van der Waals surface area contributed by atoms with Gasteiger partial charge in [0, 0.05) is 31.5 Å². The SMILES string of the molecule is COc1ccc(OCCN(C)C(=O)CS(=O)(=O)Nc2ccc(N3CCCCC3)cc2)cc1. The van der Waals surface area contributed by atoms with Crippen molar-refractivity contribution in [3.8, 4) is 11.5 Å². The minimum Gasteiger partial charge on any atom is -0.497 e. The van der Waals surface area contributed by atoms with Crippen LogP contribution in [0.2, 0.25) is 0 Å². The minimum atomic E-state index is -3.81. The smallest absolute Gasteiger partial charge is 0.241 e. The first-order valence-electron chi connectivity index (χ1n) is 10.7. The number of carbonyl (C=O) groups excluding carboxylic acids is 1. The molecule has 32 heavy (non-hydrogen) atoms. The largest absolute Gasteiger partial charge is 0.497 e. The van der Waals surface area contributed by atoms with Crippen LogP contribution in [0.5, 0.6) is 11.5 Å². The van der Waals surface area contributed by atoms with E-state index in [9.17, 15) is 13.2 Å². The number of carbonyl (C=O) groups is 1. The van der Waals surface area contributed by atoms with Gasteiger partial charge in [-0.15, -0.1) is 0 Å². The highest BCUT2D eigenvalue weighted by Gasteiger charge is 2.20. The summed E-state index contributed by atoms with van der Waals surface area (Å²) in [5, 5.41) is 0. The van der Waals surface area contributed by atoms with E-state index in [-0.39, 0.29) is 13.2 Å². The van der Waals surface area contributed by atoms with Gasteiger partial charge in [0.05, 0.1) is 13.7 Å². The van der Waals surface area contributed by atoms with Gasteiger partial charge in [-0.1, -0.05) is 0 Å². The Kier molecular flexibility index (Phi) is 8.21. The highest BCUT2D eigenvalue weighted by Crippen LogP contribution is 2.22. The summed E-state index contributed by atoms with van der Waals surface area (Å²) in [6, 6.07) is 14.4. The topological polar surface area (TPSA) is 88.2 Å². The van der Waals surface area contributed by atoms with Gasteiger partial charge in [-0.05, 0) is 67.8 Å². The summed E-state index contributed by atoms with van der Waals surface area (Å²) < 4.78 is 38.1. The van der Waals surface area contributed by atoms with Crippen LogP contribution in [-0.4, -0.2) is 65.4 Å². The van der Waals surface area contributed by atoms with Crippen molar-refractivity contribution in [1.82, 2.24) is 4.90 Å². The van der Waals surface area contributed by atoms with Gasteiger partial charge in [0.25, 0.3) is 0 Å². The van der Waals surface area contributed by atoms with E-state index in [1.807, 2.05) is 12.1 Å². The fraction of sp³-hybridized carbons (Fsp3) is 0.435. The molecule has 2 aromatic rings. The van der Waals surface area contributed by atoms with E-state index in [2.05, 4.69) is 9.62 Å². The number of benzene rings is 2. The third-order valence-electron chi connectivity index (χ3n) is 5.36. The van der Waals surface area contributed by atoms with E-state index in [1.54, 1.807) is 50.6 Å². The number of ether oxygens (including phenoxy) is 2. The molecule has 1 amide bonds. The Hall–Kier alpha value is -2.94. The number of nitrogens with zero attached hydrogens (tertiary/aromatic N) is 2. The van der Waals surface area contributed by atoms with Crippen molar-refractivity contribution in [3.63, 3.8) is 0 Å². The molecule has 0 bridgehead atoms. The summed E-state index contributed by atoms with van der Waals surface area (Å²) >= 11 is 0. The van der Waals surface area contributed by atoms with Gasteiger partial charge >= 0.3 is 0 Å². The predicted molar refractivity (Wildman–Crippen MR) is 126 cm³/mol. The molecule has 3 rings (SSSR count). The van der Waals surface area contributed by atoms with Crippen LogP contribution in [0.1, 0.15) is 19.3 Å². The maximum Gasteiger partial charge on any atom is 0.241 e. The van der Waals surface area contributed by atoms with Crippen LogP contribution in [0.4, 0.5) is 11.4 Å². The minimum absolute atomic E-state index is 0.250. The second-order valence-corrected chi connectivity index (χ2v) is 9.52. The molecule has 0 aromatic heterocycles. The maximum absolute atomic E-state index is 12.4. The van der Waals surface area contributed by atoms with Crippen molar-refractivity contribution < 1.29 is 22.7 Å². The average molecular weight is 462 g/mol. The van der Waals surface area contributed by atoms with E-state index in [0.717, 1.165) is 24.5 Å². The summed E-state index contributed by atoms with van der Waals surface area (Å²) in [6.07, 6.45) is 3.61. The van der Waals surface area contributed by atoms with E-state index < -0.39 is 21.7 Å². The summed E-state index contributed by atoms with van der Waals surface area (Å²) in [7, 11) is -0.666. The molecule has 1 N–H and O–H groups in total. The Bertz CT molecular complexity index is 972. The lowest BCUT2D eigenvalue weighted by Crippen LogP contribution is -2.37. The van der Waals surface area contributed by atoms with Crippen molar-refractivity contribution in [3.05, 3.63) is 48.5 Å². The Morgan fingerprint density at radius 2 is 1.62 bits per heavy atom. The zero-order chi connectivity index (χ0) is 23.0. The second-order valence-electron chi connectivity index (χ2n) is 7.80. The van der Waals surface area contributed by atoms with Crippen molar-refractivity contribution in [2.75, 3.05) is 55.8 Å². The van der Waals surface area contributed by atoms with Gasteiger partial charge in [-0.25, -0.2) is 8.42 Å². The molecule has 0 aliphatic carbocycles. The molecule has 0 atom stereocenters. The quantitative estimate of drug-likeness (QED) is 0.585. The van der Waals surface area contributed by atoms with Crippen molar-refractivity contribution in [1.29, 1.82) is 0 Å². The molecule has 174 valence electrons. The average Bonchev–Trinajstić information content (AvgIpc) is 2.80. The summed E-state index contributed by atoms with van der Waals surface area (Å²) in [6.45, 7) is 2.56. The van der Waals surface area contributed by atoms with Crippen LogP contribution >= 0.6 is 0 Å². The summed E-state index contributed by atoms with van der Waals surface area (Å²) in [4.78, 5) is 16.0. The number of hydrogen-bond acceptors (Lipinski definition) is 6. The van der Waals surface area contributed by atoms with Gasteiger partial charge in [-0.2, -0.15) is 0 Å². The second kappa shape index (κ2) is 11.1. The number of rotatable bonds is 10. The van der Waals surface area contributed by atoms with Crippen LogP contribution in [0.3, 0.4) is 0 Å². The number of anilines is 2. The third-order valence-corrected chi connectivity index (χ3v) is 6.53. The van der Waals surface area contributed by atoms with Gasteiger partial charge < -0.3 is 19.3 Å². The predicted octanol–water partition coefficient (Wildman–Crippen LogP) is 2.96. The Balaban J connectivity index is 1.45. The number of amides is 1. The van der Waals surface area contributed by atoms with E-state index >= 15 is 0 Å². The highest BCUT2D eigenvalue weighted by molar-refractivity contribution is 7.93. The van der Waals surface area contributed by atoms with Crippen LogP contribution in [-0.2, 0) is 14.8 Å². The van der Waals surface area contributed by atoms with E-state index in [4.69, 9.17) is 9.47 Å². The van der Waals surface area contributed by atoms with Gasteiger partial charge in [0.2, 0.25) is 15.9 Å². The Morgan fingerprint density at radius 3 is 2.25 bits per heavy atom. The molecular formula is C23H31N3O5S. The molecule has 1 aliphatic rings. The van der Waals surface area contributed by atoms with E-state index in [0.29, 0.717) is 11.4 Å². The lowest BCUT2D eigenvalue weighted by atomic mass is 10.1. The van der Waals surface area contributed by atoms with Crippen molar-refractivity contribution in [2.45, 2.75) is 19.3 Å². The highest BCUT2D eigenvalue weighted by atomic mass is 32.2. The first-order valence-corrected chi connectivity index (χ1v) is 12.4. The van der Waals surface area contributed by atoms with Crippen molar-refractivity contribution >= 4 is 27.3 Å². The standard InChI is InChI=1S/C23H31N3O5S/c1-25(16-17-31-22-12-10-21(30-2)11-13-22)23(27)18-32(28,29)24-19-6-8-20(9-7-19)26-14-4-3-5-15-26/h6-13,24H,3-5,14-18H2,1-2H3. The lowest BCUT2D eigenvalue weighted by molar-refractivity contribution is -0.127. The summed E-state index contributed by atoms with van der Waals surface area (Å²) in [5.41, 5.74) is 1.53. The Morgan fingerprint density at radius 1 is 1.00 bits per heavy atom. The molecule has 1 fully saturated rings. The zero-order valence-electron chi connectivity index (χ0n) is 18.6. The van der Waals surface area contributed by atoms with E-state index in [1.165, 1.54) is 24.2 Å². The van der Waals surface area contributed by atoms with Crippen LogP contribution < -0.4 is 19.1 Å². The fourth-order valence-electron chi connectivity index (χ4n) is 3.48. The zero-order valence-corrected chi connectivity index (χ0v) is 19.4. The Labute approximate surface area is 190 Å².